The van der Waals surface area contributed by atoms with Crippen LogP contribution in [0.25, 0.3) is 0 Å². The largest absolute Gasteiger partial charge is 0.339 e. The molecule has 0 aliphatic rings. The molecule has 1 aromatic heterocycles. The number of nitrogen functional groups attached to an aromatic ring is 1. The molecule has 0 aliphatic carbocycles. The van der Waals surface area contributed by atoms with Crippen LogP contribution >= 0.6 is 0 Å². The smallest absolute Gasteiger partial charge is 0.256 e. The molecule has 0 fully saturated rings. The summed E-state index contributed by atoms with van der Waals surface area (Å²) in [6, 6.07) is 1.72. The zero-order valence-electron chi connectivity index (χ0n) is 13.6. The first-order valence-electron chi connectivity index (χ1n) is 7.65. The number of carbonyl (C=O) groups excluding carboxylic acids is 1. The molecule has 0 atom stereocenters. The Balaban J connectivity index is 2.86. The van der Waals surface area contributed by atoms with E-state index < -0.39 is 0 Å². The number of carbonyl (C=O) groups is 1. The van der Waals surface area contributed by atoms with Gasteiger partial charge in [-0.1, -0.05) is 27.7 Å². The van der Waals surface area contributed by atoms with Crippen LogP contribution < -0.4 is 11.3 Å². The summed E-state index contributed by atoms with van der Waals surface area (Å²) in [6.45, 7) is 10.2. The van der Waals surface area contributed by atoms with Gasteiger partial charge in [-0.05, 0) is 30.7 Å². The number of amides is 1. The standard InChI is InChI=1S/C16H28N4O/c1-12(2)6-9-20(10-7-13(3)4)16(21)14-5-8-18-11-15(14)19-17/h5,8,11-13,19H,6-7,9-10,17H2,1-4H3. The van der Waals surface area contributed by atoms with Gasteiger partial charge in [0.1, 0.15) is 0 Å². The summed E-state index contributed by atoms with van der Waals surface area (Å²) in [5, 5.41) is 0. The second kappa shape index (κ2) is 8.62. The summed E-state index contributed by atoms with van der Waals surface area (Å²) in [7, 11) is 0. The highest BCUT2D eigenvalue weighted by Crippen LogP contribution is 2.17. The van der Waals surface area contributed by atoms with Crippen molar-refractivity contribution in [3.8, 4) is 0 Å². The van der Waals surface area contributed by atoms with Crippen molar-refractivity contribution < 1.29 is 4.79 Å². The first-order valence-corrected chi connectivity index (χ1v) is 7.65. The van der Waals surface area contributed by atoms with Gasteiger partial charge in [0.15, 0.2) is 0 Å². The Labute approximate surface area is 127 Å². The lowest BCUT2D eigenvalue weighted by atomic mass is 10.1. The number of hydrazine groups is 1. The van der Waals surface area contributed by atoms with Crippen LogP contribution in [-0.4, -0.2) is 28.9 Å². The highest BCUT2D eigenvalue weighted by Gasteiger charge is 2.19. The van der Waals surface area contributed by atoms with Gasteiger partial charge >= 0.3 is 0 Å². The molecule has 118 valence electrons. The molecule has 3 N–H and O–H groups in total. The van der Waals surface area contributed by atoms with Gasteiger partial charge in [0.2, 0.25) is 0 Å². The van der Waals surface area contributed by atoms with E-state index in [4.69, 9.17) is 5.84 Å². The summed E-state index contributed by atoms with van der Waals surface area (Å²) >= 11 is 0. The third-order valence-electron chi connectivity index (χ3n) is 3.45. The summed E-state index contributed by atoms with van der Waals surface area (Å²) in [5.41, 5.74) is 3.71. The number of pyridine rings is 1. The van der Waals surface area contributed by atoms with Gasteiger partial charge in [-0.3, -0.25) is 15.6 Å². The van der Waals surface area contributed by atoms with E-state index in [2.05, 4.69) is 38.1 Å². The minimum Gasteiger partial charge on any atom is -0.339 e. The fourth-order valence-corrected chi connectivity index (χ4v) is 2.01. The molecule has 1 aromatic rings. The number of hydrogen-bond donors (Lipinski definition) is 2. The van der Waals surface area contributed by atoms with Crippen molar-refractivity contribution in [1.82, 2.24) is 9.88 Å². The molecule has 0 aliphatic heterocycles. The van der Waals surface area contributed by atoms with Crippen LogP contribution in [0.15, 0.2) is 18.5 Å². The molecule has 5 heteroatoms. The molecule has 0 spiro atoms. The highest BCUT2D eigenvalue weighted by atomic mass is 16.2. The summed E-state index contributed by atoms with van der Waals surface area (Å²) in [6.07, 6.45) is 5.20. The minimum absolute atomic E-state index is 0.0200. The molecule has 0 saturated heterocycles. The summed E-state index contributed by atoms with van der Waals surface area (Å²) < 4.78 is 0. The molecule has 1 amide bonds. The van der Waals surface area contributed by atoms with Crippen LogP contribution in [-0.2, 0) is 0 Å². The number of nitrogens with one attached hydrogen (secondary N) is 1. The SMILES string of the molecule is CC(C)CCN(CCC(C)C)C(=O)c1ccncc1NN. The predicted molar refractivity (Wildman–Crippen MR) is 86.9 cm³/mol. The lowest BCUT2D eigenvalue weighted by Gasteiger charge is -2.25. The molecule has 1 rings (SSSR count). The maximum Gasteiger partial charge on any atom is 0.256 e. The zero-order valence-corrected chi connectivity index (χ0v) is 13.6. The molecule has 0 aromatic carbocycles. The average Bonchev–Trinajstić information content (AvgIpc) is 2.46. The number of nitrogens with two attached hydrogens (primary N) is 1. The van der Waals surface area contributed by atoms with E-state index in [1.54, 1.807) is 18.5 Å². The minimum atomic E-state index is 0.0200. The Hall–Kier alpha value is -1.62. The molecule has 0 saturated carbocycles. The van der Waals surface area contributed by atoms with Gasteiger partial charge in [-0.2, -0.15) is 0 Å². The van der Waals surface area contributed by atoms with Crippen LogP contribution in [0, 0.1) is 11.8 Å². The predicted octanol–water partition coefficient (Wildman–Crippen LogP) is 2.90. The zero-order chi connectivity index (χ0) is 15.8. The van der Waals surface area contributed by atoms with Crippen LogP contribution in [0.2, 0.25) is 0 Å². The molecule has 1 heterocycles. The second-order valence-corrected chi connectivity index (χ2v) is 6.22. The normalized spacial score (nSPS) is 11.0. The fraction of sp³-hybridized carbons (Fsp3) is 0.625. The Morgan fingerprint density at radius 2 is 1.81 bits per heavy atom. The van der Waals surface area contributed by atoms with E-state index in [1.807, 2.05) is 4.90 Å². The van der Waals surface area contributed by atoms with Crippen molar-refractivity contribution in [3.63, 3.8) is 0 Å². The molecule has 21 heavy (non-hydrogen) atoms. The summed E-state index contributed by atoms with van der Waals surface area (Å²) in [4.78, 5) is 18.7. The summed E-state index contributed by atoms with van der Waals surface area (Å²) in [5.74, 6) is 6.64. The molecule has 0 bridgehead atoms. The van der Waals surface area contributed by atoms with Gasteiger partial charge in [-0.25, -0.2) is 0 Å². The Morgan fingerprint density at radius 3 is 2.29 bits per heavy atom. The molecular formula is C16H28N4O. The van der Waals surface area contributed by atoms with Crippen LogP contribution in [0.3, 0.4) is 0 Å². The topological polar surface area (TPSA) is 71.2 Å². The van der Waals surface area contributed by atoms with Crippen molar-refractivity contribution in [2.75, 3.05) is 18.5 Å². The number of hydrogen-bond acceptors (Lipinski definition) is 4. The highest BCUT2D eigenvalue weighted by molar-refractivity contribution is 5.99. The van der Waals surface area contributed by atoms with Gasteiger partial charge in [0.25, 0.3) is 5.91 Å². The van der Waals surface area contributed by atoms with Crippen LogP contribution in [0.5, 0.6) is 0 Å². The second-order valence-electron chi connectivity index (χ2n) is 6.22. The van der Waals surface area contributed by atoms with Gasteiger partial charge < -0.3 is 10.3 Å². The van der Waals surface area contributed by atoms with Gasteiger partial charge in [0, 0.05) is 19.3 Å². The third-order valence-corrected chi connectivity index (χ3v) is 3.45. The van der Waals surface area contributed by atoms with Crippen LogP contribution in [0.4, 0.5) is 5.69 Å². The third kappa shape index (κ3) is 5.71. The number of aromatic nitrogens is 1. The van der Waals surface area contributed by atoms with Crippen molar-refractivity contribution in [2.24, 2.45) is 17.7 Å². The van der Waals surface area contributed by atoms with Gasteiger partial charge in [-0.15, -0.1) is 0 Å². The van der Waals surface area contributed by atoms with Crippen molar-refractivity contribution in [2.45, 2.75) is 40.5 Å². The average molecular weight is 292 g/mol. The lowest BCUT2D eigenvalue weighted by Crippen LogP contribution is -2.34. The molecule has 5 nitrogen and oxygen atoms in total. The van der Waals surface area contributed by atoms with Gasteiger partial charge in [0.05, 0.1) is 17.4 Å². The van der Waals surface area contributed by atoms with E-state index in [1.165, 1.54) is 0 Å². The van der Waals surface area contributed by atoms with E-state index in [0.29, 0.717) is 23.1 Å². The van der Waals surface area contributed by atoms with Crippen molar-refractivity contribution in [1.29, 1.82) is 0 Å². The monoisotopic (exact) mass is 292 g/mol. The van der Waals surface area contributed by atoms with Crippen molar-refractivity contribution >= 4 is 11.6 Å². The fourth-order valence-electron chi connectivity index (χ4n) is 2.01. The van der Waals surface area contributed by atoms with E-state index in [-0.39, 0.29) is 5.91 Å². The van der Waals surface area contributed by atoms with Crippen molar-refractivity contribution in [3.05, 3.63) is 24.0 Å². The maximum atomic E-state index is 12.8. The molecular weight excluding hydrogens is 264 g/mol. The van der Waals surface area contributed by atoms with E-state index in [0.717, 1.165) is 25.9 Å². The number of nitrogens with zero attached hydrogens (tertiary/aromatic N) is 2. The molecule has 0 unspecified atom stereocenters. The first kappa shape index (κ1) is 17.4. The Morgan fingerprint density at radius 1 is 1.24 bits per heavy atom. The van der Waals surface area contributed by atoms with E-state index >= 15 is 0 Å². The van der Waals surface area contributed by atoms with E-state index in [9.17, 15) is 4.79 Å². The Kier molecular flexibility index (Phi) is 7.15. The maximum absolute atomic E-state index is 12.8. The lowest BCUT2D eigenvalue weighted by molar-refractivity contribution is 0.0741. The Bertz CT molecular complexity index is 434. The number of rotatable bonds is 8. The molecule has 0 radical (unpaired) electrons. The number of anilines is 1. The quantitative estimate of drug-likeness (QED) is 0.571. The van der Waals surface area contributed by atoms with Crippen LogP contribution in [0.1, 0.15) is 50.9 Å². The first-order chi connectivity index (χ1) is 9.95.